The topological polar surface area (TPSA) is 47.0 Å². The van der Waals surface area contributed by atoms with Crippen LogP contribution in [0.3, 0.4) is 0 Å². The number of rotatable bonds is 0. The number of aryl methyl sites for hydroxylation is 1. The van der Waals surface area contributed by atoms with E-state index in [-0.39, 0.29) is 11.6 Å². The lowest BCUT2D eigenvalue weighted by Gasteiger charge is -2.11. The van der Waals surface area contributed by atoms with Gasteiger partial charge in [0, 0.05) is 11.1 Å². The first-order valence-corrected chi connectivity index (χ1v) is 5.66. The molecule has 0 spiro atoms. The number of hydrogen-bond donors (Lipinski definition) is 0. The van der Waals surface area contributed by atoms with Crippen molar-refractivity contribution in [3.63, 3.8) is 0 Å². The van der Waals surface area contributed by atoms with Crippen molar-refractivity contribution in [1.29, 1.82) is 0 Å². The van der Waals surface area contributed by atoms with Gasteiger partial charge < -0.3 is 0 Å². The number of fused-ring (bicyclic) bond motifs is 2. The van der Waals surface area contributed by atoms with Crippen molar-refractivity contribution >= 4 is 22.9 Å². The van der Waals surface area contributed by atoms with Crippen molar-refractivity contribution < 1.29 is 9.59 Å². The number of ketones is 2. The molecule has 0 saturated heterocycles. The molecule has 2 aromatic rings. The smallest absolute Gasteiger partial charge is 0.213 e. The highest BCUT2D eigenvalue weighted by atomic mass is 32.1. The number of benzene rings is 1. The summed E-state index contributed by atoms with van der Waals surface area (Å²) in [5.41, 5.74) is 1.26. The van der Waals surface area contributed by atoms with E-state index in [2.05, 4.69) is 4.98 Å². The van der Waals surface area contributed by atoms with Gasteiger partial charge in [-0.15, -0.1) is 11.3 Å². The van der Waals surface area contributed by atoms with Crippen molar-refractivity contribution in [1.82, 2.24) is 4.98 Å². The SMILES string of the molecule is Cc1nc2c(s1)C(=O)c1ccccc1C2=O. The molecular weight excluding hydrogens is 222 g/mol. The third-order valence-corrected chi connectivity index (χ3v) is 3.54. The van der Waals surface area contributed by atoms with Crippen molar-refractivity contribution in [2.75, 3.05) is 0 Å². The summed E-state index contributed by atoms with van der Waals surface area (Å²) in [4.78, 5) is 28.7. The van der Waals surface area contributed by atoms with Crippen LogP contribution in [0.2, 0.25) is 0 Å². The highest BCUT2D eigenvalue weighted by Crippen LogP contribution is 2.30. The fourth-order valence-electron chi connectivity index (χ4n) is 1.86. The molecule has 1 aromatic heterocycles. The van der Waals surface area contributed by atoms with Crippen molar-refractivity contribution in [3.8, 4) is 0 Å². The number of aromatic nitrogens is 1. The summed E-state index contributed by atoms with van der Waals surface area (Å²) in [5, 5.41) is 0.750. The maximum Gasteiger partial charge on any atom is 0.213 e. The van der Waals surface area contributed by atoms with Crippen LogP contribution in [0.4, 0.5) is 0 Å². The molecule has 0 aliphatic heterocycles. The van der Waals surface area contributed by atoms with Crippen LogP contribution >= 0.6 is 11.3 Å². The molecule has 0 bridgehead atoms. The summed E-state index contributed by atoms with van der Waals surface area (Å²) in [6.07, 6.45) is 0. The second-order valence-electron chi connectivity index (χ2n) is 3.61. The average Bonchev–Trinajstić information content (AvgIpc) is 2.68. The Morgan fingerprint density at radius 2 is 1.69 bits per heavy atom. The molecule has 0 atom stereocenters. The minimum absolute atomic E-state index is 0.0872. The molecule has 16 heavy (non-hydrogen) atoms. The Hall–Kier alpha value is -1.81. The molecule has 0 amide bonds. The highest BCUT2D eigenvalue weighted by Gasteiger charge is 2.32. The highest BCUT2D eigenvalue weighted by molar-refractivity contribution is 7.14. The Kier molecular flexibility index (Phi) is 1.82. The van der Waals surface area contributed by atoms with E-state index in [1.54, 1.807) is 31.2 Å². The van der Waals surface area contributed by atoms with Gasteiger partial charge in [-0.25, -0.2) is 4.98 Å². The maximum atomic E-state index is 12.1. The third kappa shape index (κ3) is 1.10. The molecular formula is C12H7NO2S. The molecule has 0 fully saturated rings. The molecule has 3 nitrogen and oxygen atoms in total. The van der Waals surface area contributed by atoms with E-state index in [9.17, 15) is 9.59 Å². The predicted molar refractivity (Wildman–Crippen MR) is 60.2 cm³/mol. The van der Waals surface area contributed by atoms with Crippen LogP contribution in [0.1, 0.15) is 36.3 Å². The number of hydrogen-bond acceptors (Lipinski definition) is 4. The average molecular weight is 229 g/mol. The molecule has 1 heterocycles. The molecule has 0 unspecified atom stereocenters. The fraction of sp³-hybridized carbons (Fsp3) is 0.0833. The molecule has 0 saturated carbocycles. The van der Waals surface area contributed by atoms with Gasteiger partial charge in [0.15, 0.2) is 0 Å². The summed E-state index contributed by atoms with van der Waals surface area (Å²) < 4.78 is 0. The van der Waals surface area contributed by atoms with Crippen LogP contribution in [0.5, 0.6) is 0 Å². The normalized spacial score (nSPS) is 13.6. The van der Waals surface area contributed by atoms with E-state index in [0.717, 1.165) is 5.01 Å². The van der Waals surface area contributed by atoms with Crippen LogP contribution in [-0.2, 0) is 0 Å². The van der Waals surface area contributed by atoms with Gasteiger partial charge in [0.2, 0.25) is 11.6 Å². The monoisotopic (exact) mass is 229 g/mol. The first kappa shape index (κ1) is 9.42. The van der Waals surface area contributed by atoms with Gasteiger partial charge in [-0.2, -0.15) is 0 Å². The molecule has 1 aliphatic carbocycles. The van der Waals surface area contributed by atoms with E-state index in [1.807, 2.05) is 0 Å². The Morgan fingerprint density at radius 1 is 1.06 bits per heavy atom. The Balaban J connectivity index is 2.34. The standard InChI is InChI=1S/C12H7NO2S/c1-6-13-9-10(14)7-4-2-3-5-8(7)11(15)12(9)16-6/h2-5H,1H3. The van der Waals surface area contributed by atoms with Crippen molar-refractivity contribution in [2.45, 2.75) is 6.92 Å². The largest absolute Gasteiger partial charge is 0.288 e. The van der Waals surface area contributed by atoms with Gasteiger partial charge in [-0.1, -0.05) is 24.3 Å². The second-order valence-corrected chi connectivity index (χ2v) is 4.82. The van der Waals surface area contributed by atoms with Gasteiger partial charge in [-0.3, -0.25) is 9.59 Å². The summed E-state index contributed by atoms with van der Waals surface area (Å²) in [6, 6.07) is 6.89. The molecule has 78 valence electrons. The summed E-state index contributed by atoms with van der Waals surface area (Å²) in [7, 11) is 0. The number of carbonyl (C=O) groups is 2. The molecule has 1 aliphatic rings. The van der Waals surface area contributed by atoms with Gasteiger partial charge >= 0.3 is 0 Å². The summed E-state index contributed by atoms with van der Waals surface area (Å²) >= 11 is 1.28. The first-order valence-electron chi connectivity index (χ1n) is 4.84. The number of thiazole rings is 1. The van der Waals surface area contributed by atoms with Gasteiger partial charge in [0.05, 0.1) is 5.01 Å². The van der Waals surface area contributed by atoms with E-state index in [1.165, 1.54) is 11.3 Å². The lowest BCUT2D eigenvalue weighted by molar-refractivity contribution is 0.0979. The Bertz CT molecular complexity index is 575. The predicted octanol–water partition coefficient (Wildman–Crippen LogP) is 2.23. The van der Waals surface area contributed by atoms with E-state index in [4.69, 9.17) is 0 Å². The van der Waals surface area contributed by atoms with Crippen LogP contribution in [-0.4, -0.2) is 16.6 Å². The minimum atomic E-state index is -0.144. The lowest BCUT2D eigenvalue weighted by atomic mass is 9.91. The number of nitrogens with zero attached hydrogens (tertiary/aromatic N) is 1. The van der Waals surface area contributed by atoms with E-state index >= 15 is 0 Å². The molecule has 4 heteroatoms. The van der Waals surface area contributed by atoms with Gasteiger partial charge in [0.1, 0.15) is 10.6 Å². The van der Waals surface area contributed by atoms with Crippen LogP contribution in [0.25, 0.3) is 0 Å². The maximum absolute atomic E-state index is 12.1. The minimum Gasteiger partial charge on any atom is -0.288 e. The van der Waals surface area contributed by atoms with Crippen molar-refractivity contribution in [3.05, 3.63) is 51.0 Å². The molecule has 3 rings (SSSR count). The van der Waals surface area contributed by atoms with E-state index in [0.29, 0.717) is 21.7 Å². The van der Waals surface area contributed by atoms with E-state index < -0.39 is 0 Å². The quantitative estimate of drug-likeness (QED) is 0.594. The second kappa shape index (κ2) is 3.09. The summed E-state index contributed by atoms with van der Waals surface area (Å²) in [5.74, 6) is -0.231. The zero-order chi connectivity index (χ0) is 11.3. The molecule has 0 radical (unpaired) electrons. The Morgan fingerprint density at radius 3 is 2.38 bits per heavy atom. The van der Waals surface area contributed by atoms with Crippen molar-refractivity contribution in [2.24, 2.45) is 0 Å². The zero-order valence-electron chi connectivity index (χ0n) is 8.48. The van der Waals surface area contributed by atoms with Gasteiger partial charge in [0.25, 0.3) is 0 Å². The zero-order valence-corrected chi connectivity index (χ0v) is 9.30. The van der Waals surface area contributed by atoms with Crippen LogP contribution in [0.15, 0.2) is 24.3 Å². The number of carbonyl (C=O) groups excluding carboxylic acids is 2. The first-order chi connectivity index (χ1) is 7.68. The summed E-state index contributed by atoms with van der Waals surface area (Å²) in [6.45, 7) is 1.80. The lowest BCUT2D eigenvalue weighted by Crippen LogP contribution is -2.19. The molecule has 1 aromatic carbocycles. The fourth-order valence-corrected chi connectivity index (χ4v) is 2.73. The van der Waals surface area contributed by atoms with Gasteiger partial charge in [-0.05, 0) is 6.92 Å². The molecule has 0 N–H and O–H groups in total. The van der Waals surface area contributed by atoms with Crippen LogP contribution < -0.4 is 0 Å². The third-order valence-electron chi connectivity index (χ3n) is 2.57. The van der Waals surface area contributed by atoms with Crippen LogP contribution in [0, 0.1) is 6.92 Å². The Labute approximate surface area is 95.8 Å².